The lowest BCUT2D eigenvalue weighted by Gasteiger charge is -2.10. The van der Waals surface area contributed by atoms with Crippen LogP contribution >= 0.6 is 0 Å². The van der Waals surface area contributed by atoms with Crippen molar-refractivity contribution in [1.82, 2.24) is 5.32 Å². The Hall–Kier alpha value is -3.03. The zero-order valence-corrected chi connectivity index (χ0v) is 13.9. The van der Waals surface area contributed by atoms with E-state index in [1.165, 1.54) is 19.2 Å². The van der Waals surface area contributed by atoms with Crippen LogP contribution < -0.4 is 10.6 Å². The fraction of sp³-hybridized carbons (Fsp3) is 0.222. The summed E-state index contributed by atoms with van der Waals surface area (Å²) in [4.78, 5) is 23.3. The Kier molecular flexibility index (Phi) is 6.21. The smallest absolute Gasteiger partial charge is 0.416 e. The number of benzene rings is 2. The number of carbonyl (C=O) groups is 2. The third kappa shape index (κ3) is 5.51. The number of ether oxygens (including phenoxy) is 1. The maximum Gasteiger partial charge on any atom is 0.416 e. The number of nitrogens with one attached hydrogen (secondary N) is 2. The highest BCUT2D eigenvalue weighted by Gasteiger charge is 2.30. The molecule has 0 aliphatic carbocycles. The molecule has 2 aromatic rings. The van der Waals surface area contributed by atoms with Crippen LogP contribution in [0.25, 0.3) is 0 Å². The summed E-state index contributed by atoms with van der Waals surface area (Å²) in [5.41, 5.74) is 0.422. The average molecular weight is 366 g/mol. The lowest BCUT2D eigenvalue weighted by atomic mass is 10.1. The number of hydrogen-bond acceptors (Lipinski definition) is 3. The van der Waals surface area contributed by atoms with Gasteiger partial charge in [0.2, 0.25) is 0 Å². The first kappa shape index (κ1) is 19.3. The molecule has 0 heterocycles. The molecule has 0 spiro atoms. The average Bonchev–Trinajstić information content (AvgIpc) is 2.61. The van der Waals surface area contributed by atoms with Crippen LogP contribution in [0.5, 0.6) is 0 Å². The van der Waals surface area contributed by atoms with Gasteiger partial charge in [-0.25, -0.2) is 9.59 Å². The second-order valence-electron chi connectivity index (χ2n) is 5.40. The molecule has 0 fully saturated rings. The van der Waals surface area contributed by atoms with Crippen LogP contribution in [0.3, 0.4) is 0 Å². The SMILES string of the molecule is COC(=O)c1cccc(NC(=O)NCCc2cccc(C(F)(F)F)c2)c1. The van der Waals surface area contributed by atoms with Crippen molar-refractivity contribution in [2.45, 2.75) is 12.6 Å². The van der Waals surface area contributed by atoms with Crippen molar-refractivity contribution in [3.05, 3.63) is 65.2 Å². The number of alkyl halides is 3. The van der Waals surface area contributed by atoms with Crippen LogP contribution in [0.4, 0.5) is 23.7 Å². The molecular weight excluding hydrogens is 349 g/mol. The molecule has 2 aromatic carbocycles. The monoisotopic (exact) mass is 366 g/mol. The van der Waals surface area contributed by atoms with Gasteiger partial charge in [0.25, 0.3) is 0 Å². The molecule has 0 atom stereocenters. The molecule has 0 aliphatic rings. The lowest BCUT2D eigenvalue weighted by molar-refractivity contribution is -0.137. The Morgan fingerprint density at radius 1 is 1.08 bits per heavy atom. The summed E-state index contributed by atoms with van der Waals surface area (Å²) < 4.78 is 42.6. The van der Waals surface area contributed by atoms with Crippen molar-refractivity contribution >= 4 is 17.7 Å². The van der Waals surface area contributed by atoms with Crippen LogP contribution in [0.15, 0.2) is 48.5 Å². The van der Waals surface area contributed by atoms with E-state index in [1.807, 2.05) is 0 Å². The van der Waals surface area contributed by atoms with Crippen LogP contribution in [-0.2, 0) is 17.3 Å². The van der Waals surface area contributed by atoms with Gasteiger partial charge in [-0.2, -0.15) is 13.2 Å². The van der Waals surface area contributed by atoms with Gasteiger partial charge in [-0.3, -0.25) is 0 Å². The fourth-order valence-electron chi connectivity index (χ4n) is 2.24. The first-order valence-electron chi connectivity index (χ1n) is 7.69. The van der Waals surface area contributed by atoms with Crippen molar-refractivity contribution < 1.29 is 27.5 Å². The molecule has 0 aliphatic heterocycles. The molecule has 0 unspecified atom stereocenters. The van der Waals surface area contributed by atoms with Gasteiger partial charge < -0.3 is 15.4 Å². The highest BCUT2D eigenvalue weighted by atomic mass is 19.4. The molecule has 5 nitrogen and oxygen atoms in total. The van der Waals surface area contributed by atoms with Gasteiger partial charge in [-0.05, 0) is 36.2 Å². The molecule has 0 saturated carbocycles. The van der Waals surface area contributed by atoms with E-state index in [2.05, 4.69) is 15.4 Å². The van der Waals surface area contributed by atoms with Crippen molar-refractivity contribution in [3.63, 3.8) is 0 Å². The summed E-state index contributed by atoms with van der Waals surface area (Å²) in [6, 6.07) is 10.6. The summed E-state index contributed by atoms with van der Waals surface area (Å²) >= 11 is 0. The van der Waals surface area contributed by atoms with E-state index in [-0.39, 0.29) is 18.5 Å². The summed E-state index contributed by atoms with van der Waals surface area (Å²) in [6.07, 6.45) is -4.15. The number of hydrogen-bond donors (Lipinski definition) is 2. The van der Waals surface area contributed by atoms with Crippen LogP contribution in [0.1, 0.15) is 21.5 Å². The van der Waals surface area contributed by atoms with E-state index in [9.17, 15) is 22.8 Å². The Balaban J connectivity index is 1.87. The van der Waals surface area contributed by atoms with E-state index in [0.29, 0.717) is 11.3 Å². The van der Waals surface area contributed by atoms with E-state index in [4.69, 9.17) is 0 Å². The second-order valence-corrected chi connectivity index (χ2v) is 5.40. The molecule has 0 bridgehead atoms. The first-order chi connectivity index (χ1) is 12.3. The standard InChI is InChI=1S/C18H17F3N2O3/c1-26-16(24)13-5-3-7-15(11-13)23-17(25)22-9-8-12-4-2-6-14(10-12)18(19,20)21/h2-7,10-11H,8-9H2,1H3,(H2,22,23,25). The van der Waals surface area contributed by atoms with E-state index in [0.717, 1.165) is 12.1 Å². The van der Waals surface area contributed by atoms with Gasteiger partial charge in [0.1, 0.15) is 0 Å². The second kappa shape index (κ2) is 8.37. The maximum atomic E-state index is 12.7. The molecule has 2 amide bonds. The Morgan fingerprint density at radius 3 is 2.50 bits per heavy atom. The van der Waals surface area contributed by atoms with Crippen molar-refractivity contribution in [2.75, 3.05) is 19.0 Å². The number of halogens is 3. The van der Waals surface area contributed by atoms with Crippen molar-refractivity contribution in [1.29, 1.82) is 0 Å². The highest BCUT2D eigenvalue weighted by molar-refractivity contribution is 5.93. The minimum absolute atomic E-state index is 0.157. The van der Waals surface area contributed by atoms with E-state index >= 15 is 0 Å². The maximum absolute atomic E-state index is 12.7. The zero-order chi connectivity index (χ0) is 19.2. The molecule has 26 heavy (non-hydrogen) atoms. The Labute approximate surface area is 148 Å². The largest absolute Gasteiger partial charge is 0.465 e. The molecule has 0 radical (unpaired) electrons. The van der Waals surface area contributed by atoms with Gasteiger partial charge in [0.05, 0.1) is 18.2 Å². The zero-order valence-electron chi connectivity index (χ0n) is 13.9. The molecule has 2 rings (SSSR count). The van der Waals surface area contributed by atoms with Crippen LogP contribution in [0.2, 0.25) is 0 Å². The summed E-state index contributed by atoms with van der Waals surface area (Å²) in [7, 11) is 1.25. The Bertz CT molecular complexity index is 791. The molecule has 8 heteroatoms. The van der Waals surface area contributed by atoms with Crippen molar-refractivity contribution in [3.8, 4) is 0 Å². The first-order valence-corrected chi connectivity index (χ1v) is 7.69. The van der Waals surface area contributed by atoms with Crippen LogP contribution in [-0.4, -0.2) is 25.7 Å². The molecule has 0 aromatic heterocycles. The number of carbonyl (C=O) groups excluding carboxylic acids is 2. The molecular formula is C18H17F3N2O3. The molecule has 138 valence electrons. The minimum atomic E-state index is -4.40. The van der Waals surface area contributed by atoms with Gasteiger partial charge in [-0.15, -0.1) is 0 Å². The number of urea groups is 1. The number of methoxy groups -OCH3 is 1. The van der Waals surface area contributed by atoms with E-state index in [1.54, 1.807) is 24.3 Å². The van der Waals surface area contributed by atoms with E-state index < -0.39 is 23.7 Å². The predicted molar refractivity (Wildman–Crippen MR) is 90.0 cm³/mol. The van der Waals surface area contributed by atoms with Gasteiger partial charge in [-0.1, -0.05) is 24.3 Å². The number of amides is 2. The number of esters is 1. The summed E-state index contributed by atoms with van der Waals surface area (Å²) in [5, 5.41) is 5.10. The number of anilines is 1. The van der Waals surface area contributed by atoms with Gasteiger partial charge in [0.15, 0.2) is 0 Å². The Morgan fingerprint density at radius 2 is 1.81 bits per heavy atom. The lowest BCUT2D eigenvalue weighted by Crippen LogP contribution is -2.30. The third-order valence-electron chi connectivity index (χ3n) is 3.50. The predicted octanol–water partition coefficient (Wildman–Crippen LogP) is 3.86. The van der Waals surface area contributed by atoms with Crippen LogP contribution in [0, 0.1) is 0 Å². The summed E-state index contributed by atoms with van der Waals surface area (Å²) in [5.74, 6) is -0.529. The third-order valence-corrected chi connectivity index (χ3v) is 3.50. The summed E-state index contributed by atoms with van der Waals surface area (Å²) in [6.45, 7) is 0.157. The minimum Gasteiger partial charge on any atom is -0.465 e. The highest BCUT2D eigenvalue weighted by Crippen LogP contribution is 2.29. The molecule has 0 saturated heterocycles. The topological polar surface area (TPSA) is 67.4 Å². The van der Waals surface area contributed by atoms with Gasteiger partial charge in [0, 0.05) is 12.2 Å². The van der Waals surface area contributed by atoms with Gasteiger partial charge >= 0.3 is 18.2 Å². The quantitative estimate of drug-likeness (QED) is 0.790. The molecule has 2 N–H and O–H groups in total. The normalized spacial score (nSPS) is 10.9. The van der Waals surface area contributed by atoms with Crippen molar-refractivity contribution in [2.24, 2.45) is 0 Å². The fourth-order valence-corrected chi connectivity index (χ4v) is 2.24. The number of rotatable bonds is 5.